The topological polar surface area (TPSA) is 98.9 Å². The van der Waals surface area contributed by atoms with Gasteiger partial charge in [0.05, 0.1) is 0 Å². The molecule has 1 aromatic carbocycles. The highest BCUT2D eigenvalue weighted by Crippen LogP contribution is 2.16. The molecule has 1 amide bonds. The number of carbonyl (C=O) groups excluding carboxylic acids is 1. The van der Waals surface area contributed by atoms with Crippen molar-refractivity contribution in [2.45, 2.75) is 33.7 Å². The van der Waals surface area contributed by atoms with Gasteiger partial charge in [-0.3, -0.25) is 18.7 Å². The fourth-order valence-corrected chi connectivity index (χ4v) is 2.96. The molecule has 0 atom stereocenters. The Hall–Kier alpha value is -3.29. The average molecular weight is 395 g/mol. The molecule has 0 saturated heterocycles. The Bertz CT molecular complexity index is 1160. The Labute approximate surface area is 168 Å². The van der Waals surface area contributed by atoms with Gasteiger partial charge in [0.2, 0.25) is 5.91 Å². The van der Waals surface area contributed by atoms with Crippen LogP contribution in [0, 0.1) is 12.8 Å². The number of nitrogens with one attached hydrogen (secondary N) is 1. The standard InChI is InChI=1S/C21H25N5O3/c1-13(2)9-10-22-17(27)12-26-20(28)16-11-23-18(15-7-5-14(3)6-8-15)24-19(16)25(4)21(26)29/h5-8,11,13H,9-10,12H2,1-4H3,(H,22,27). The Kier molecular flexibility index (Phi) is 5.91. The fraction of sp³-hybridized carbons (Fsp3) is 0.381. The molecule has 3 rings (SSSR count). The molecule has 8 heteroatoms. The first-order valence-electron chi connectivity index (χ1n) is 9.58. The second-order valence-electron chi connectivity index (χ2n) is 7.56. The molecule has 2 aromatic heterocycles. The summed E-state index contributed by atoms with van der Waals surface area (Å²) in [5.41, 5.74) is 0.977. The number of aryl methyl sites for hydroxylation is 2. The summed E-state index contributed by atoms with van der Waals surface area (Å²) in [5.74, 6) is 0.504. The second kappa shape index (κ2) is 8.38. The van der Waals surface area contributed by atoms with E-state index in [4.69, 9.17) is 0 Å². The Morgan fingerprint density at radius 3 is 2.52 bits per heavy atom. The first-order chi connectivity index (χ1) is 13.8. The lowest BCUT2D eigenvalue weighted by Gasteiger charge is -2.11. The summed E-state index contributed by atoms with van der Waals surface area (Å²) in [6.45, 7) is 6.26. The zero-order chi connectivity index (χ0) is 21.1. The van der Waals surface area contributed by atoms with Crippen LogP contribution in [-0.2, 0) is 18.4 Å². The zero-order valence-electron chi connectivity index (χ0n) is 17.1. The van der Waals surface area contributed by atoms with Crippen LogP contribution in [0.2, 0.25) is 0 Å². The minimum Gasteiger partial charge on any atom is -0.355 e. The van der Waals surface area contributed by atoms with E-state index in [9.17, 15) is 14.4 Å². The van der Waals surface area contributed by atoms with Crippen LogP contribution in [0.1, 0.15) is 25.8 Å². The van der Waals surface area contributed by atoms with Gasteiger partial charge in [-0.1, -0.05) is 43.7 Å². The highest BCUT2D eigenvalue weighted by atomic mass is 16.2. The van der Waals surface area contributed by atoms with Crippen molar-refractivity contribution in [3.8, 4) is 11.4 Å². The maximum Gasteiger partial charge on any atom is 0.332 e. The summed E-state index contributed by atoms with van der Waals surface area (Å²) < 4.78 is 2.19. The summed E-state index contributed by atoms with van der Waals surface area (Å²) in [6.07, 6.45) is 2.23. The number of benzene rings is 1. The molecule has 0 fully saturated rings. The van der Waals surface area contributed by atoms with E-state index in [-0.39, 0.29) is 23.5 Å². The zero-order valence-corrected chi connectivity index (χ0v) is 17.1. The molecular formula is C21H25N5O3. The van der Waals surface area contributed by atoms with Crippen LogP contribution >= 0.6 is 0 Å². The van der Waals surface area contributed by atoms with Crippen LogP contribution in [0.5, 0.6) is 0 Å². The van der Waals surface area contributed by atoms with Crippen molar-refractivity contribution < 1.29 is 4.79 Å². The number of fused-ring (bicyclic) bond motifs is 1. The summed E-state index contributed by atoms with van der Waals surface area (Å²) >= 11 is 0. The van der Waals surface area contributed by atoms with E-state index in [0.29, 0.717) is 18.3 Å². The van der Waals surface area contributed by atoms with Gasteiger partial charge in [-0.2, -0.15) is 0 Å². The third-order valence-electron chi connectivity index (χ3n) is 4.74. The smallest absolute Gasteiger partial charge is 0.332 e. The van der Waals surface area contributed by atoms with E-state index in [1.54, 1.807) is 0 Å². The van der Waals surface area contributed by atoms with E-state index in [0.717, 1.165) is 22.1 Å². The van der Waals surface area contributed by atoms with E-state index < -0.39 is 11.2 Å². The van der Waals surface area contributed by atoms with E-state index in [1.807, 2.05) is 31.2 Å². The molecular weight excluding hydrogens is 370 g/mol. The molecule has 0 aliphatic carbocycles. The van der Waals surface area contributed by atoms with Crippen molar-refractivity contribution in [3.05, 3.63) is 56.9 Å². The third-order valence-corrected chi connectivity index (χ3v) is 4.74. The van der Waals surface area contributed by atoms with Crippen LogP contribution in [0.25, 0.3) is 22.4 Å². The molecule has 152 valence electrons. The van der Waals surface area contributed by atoms with Gasteiger partial charge in [0, 0.05) is 25.4 Å². The highest BCUT2D eigenvalue weighted by molar-refractivity contribution is 5.78. The van der Waals surface area contributed by atoms with Crippen LogP contribution in [0.15, 0.2) is 40.1 Å². The molecule has 0 aliphatic heterocycles. The average Bonchev–Trinajstić information content (AvgIpc) is 2.69. The normalized spacial score (nSPS) is 11.2. The number of amides is 1. The van der Waals surface area contributed by atoms with Crippen LogP contribution in [0.3, 0.4) is 0 Å². The van der Waals surface area contributed by atoms with Gasteiger partial charge in [0.25, 0.3) is 5.56 Å². The molecule has 3 aromatic rings. The van der Waals surface area contributed by atoms with Crippen LogP contribution in [-0.4, -0.2) is 31.6 Å². The van der Waals surface area contributed by atoms with Gasteiger partial charge in [0.1, 0.15) is 11.9 Å². The lowest BCUT2D eigenvalue weighted by molar-refractivity contribution is -0.121. The molecule has 29 heavy (non-hydrogen) atoms. The molecule has 8 nitrogen and oxygen atoms in total. The highest BCUT2D eigenvalue weighted by Gasteiger charge is 2.16. The molecule has 0 saturated carbocycles. The minimum atomic E-state index is -0.588. The van der Waals surface area contributed by atoms with Gasteiger partial charge in [0.15, 0.2) is 11.5 Å². The molecule has 0 bridgehead atoms. The molecule has 1 N–H and O–H groups in total. The maximum absolute atomic E-state index is 12.8. The molecule has 2 heterocycles. The predicted molar refractivity (Wildman–Crippen MR) is 112 cm³/mol. The van der Waals surface area contributed by atoms with Gasteiger partial charge in [-0.05, 0) is 19.3 Å². The van der Waals surface area contributed by atoms with Gasteiger partial charge >= 0.3 is 5.69 Å². The number of hydrogen-bond acceptors (Lipinski definition) is 5. The fourth-order valence-electron chi connectivity index (χ4n) is 2.96. The van der Waals surface area contributed by atoms with E-state index in [1.165, 1.54) is 17.8 Å². The van der Waals surface area contributed by atoms with E-state index in [2.05, 4.69) is 29.1 Å². The van der Waals surface area contributed by atoms with Gasteiger partial charge < -0.3 is 5.32 Å². The predicted octanol–water partition coefficient (Wildman–Crippen LogP) is 1.63. The third kappa shape index (κ3) is 4.42. The Morgan fingerprint density at radius 1 is 1.17 bits per heavy atom. The van der Waals surface area contributed by atoms with Gasteiger partial charge in [-0.25, -0.2) is 14.8 Å². The van der Waals surface area contributed by atoms with Crippen molar-refractivity contribution >= 4 is 16.9 Å². The second-order valence-corrected chi connectivity index (χ2v) is 7.56. The summed E-state index contributed by atoms with van der Waals surface area (Å²) in [6, 6.07) is 7.66. The van der Waals surface area contributed by atoms with Crippen molar-refractivity contribution in [2.24, 2.45) is 13.0 Å². The Balaban J connectivity index is 1.97. The first kappa shape index (κ1) is 20.4. The number of aromatic nitrogens is 4. The molecule has 0 unspecified atom stereocenters. The largest absolute Gasteiger partial charge is 0.355 e. The quantitative estimate of drug-likeness (QED) is 0.684. The summed E-state index contributed by atoms with van der Waals surface area (Å²) in [5, 5.41) is 2.93. The minimum absolute atomic E-state index is 0.193. The lowest BCUT2D eigenvalue weighted by atomic mass is 10.1. The SMILES string of the molecule is Cc1ccc(-c2ncc3c(=O)n(CC(=O)NCCC(C)C)c(=O)n(C)c3n2)cc1. The first-order valence-corrected chi connectivity index (χ1v) is 9.58. The lowest BCUT2D eigenvalue weighted by Crippen LogP contribution is -2.43. The Morgan fingerprint density at radius 2 is 1.86 bits per heavy atom. The number of rotatable bonds is 6. The molecule has 0 aliphatic rings. The van der Waals surface area contributed by atoms with Crippen molar-refractivity contribution in [1.82, 2.24) is 24.4 Å². The molecule has 0 radical (unpaired) electrons. The van der Waals surface area contributed by atoms with Crippen molar-refractivity contribution in [2.75, 3.05) is 6.54 Å². The summed E-state index contributed by atoms with van der Waals surface area (Å²) in [7, 11) is 1.53. The van der Waals surface area contributed by atoms with Gasteiger partial charge in [-0.15, -0.1) is 0 Å². The van der Waals surface area contributed by atoms with E-state index >= 15 is 0 Å². The van der Waals surface area contributed by atoms with Crippen LogP contribution < -0.4 is 16.6 Å². The van der Waals surface area contributed by atoms with Crippen LogP contribution in [0.4, 0.5) is 0 Å². The number of nitrogens with zero attached hydrogens (tertiary/aromatic N) is 4. The van der Waals surface area contributed by atoms with Crippen molar-refractivity contribution in [1.29, 1.82) is 0 Å². The monoisotopic (exact) mass is 395 g/mol. The molecule has 0 spiro atoms. The number of hydrogen-bond donors (Lipinski definition) is 1. The maximum atomic E-state index is 12.8. The summed E-state index contributed by atoms with van der Waals surface area (Å²) in [4.78, 5) is 46.4. The van der Waals surface area contributed by atoms with Crippen molar-refractivity contribution in [3.63, 3.8) is 0 Å². The number of carbonyl (C=O) groups is 1.